The van der Waals surface area contributed by atoms with E-state index in [4.69, 9.17) is 16.4 Å². The molecule has 2 heterocycles. The van der Waals surface area contributed by atoms with E-state index >= 15 is 0 Å². The molecule has 0 saturated heterocycles. The van der Waals surface area contributed by atoms with E-state index in [0.717, 1.165) is 10.8 Å². The van der Waals surface area contributed by atoms with Crippen LogP contribution in [0.2, 0.25) is 5.02 Å². The summed E-state index contributed by atoms with van der Waals surface area (Å²) in [5.74, 6) is 0.615. The Kier molecular flexibility index (Phi) is 4.62. The molecule has 0 saturated carbocycles. The van der Waals surface area contributed by atoms with Crippen molar-refractivity contribution in [1.29, 1.82) is 0 Å². The van der Waals surface area contributed by atoms with Gasteiger partial charge in [-0.15, -0.1) is 0 Å². The molecule has 0 unspecified atom stereocenters. The molecule has 1 aromatic carbocycles. The second-order valence-electron chi connectivity index (χ2n) is 4.85. The molecule has 0 radical (unpaired) electrons. The third kappa shape index (κ3) is 3.41. The highest BCUT2D eigenvalue weighted by Crippen LogP contribution is 2.21. The molecule has 22 heavy (non-hydrogen) atoms. The van der Waals surface area contributed by atoms with E-state index < -0.39 is 0 Å². The van der Waals surface area contributed by atoms with Crippen LogP contribution in [-0.4, -0.2) is 47.5 Å². The Morgan fingerprint density at radius 2 is 2.23 bits per heavy atom. The fraction of sp³-hybridized carbons (Fsp3) is 0.267. The lowest BCUT2D eigenvalue weighted by atomic mass is 10.3. The van der Waals surface area contributed by atoms with Gasteiger partial charge in [-0.25, -0.2) is 10.1 Å². The molecule has 0 amide bonds. The molecule has 0 bridgehead atoms. The number of benzene rings is 1. The van der Waals surface area contributed by atoms with Gasteiger partial charge in [0.2, 0.25) is 5.96 Å². The molecule has 0 atom stereocenters. The first-order valence-electron chi connectivity index (χ1n) is 7.02. The number of hydrogen-bond donors (Lipinski definition) is 2. The van der Waals surface area contributed by atoms with E-state index in [0.29, 0.717) is 36.3 Å². The number of allylic oxidation sites excluding steroid dienone is 2. The van der Waals surface area contributed by atoms with Crippen molar-refractivity contribution in [3.63, 3.8) is 0 Å². The first-order valence-corrected chi connectivity index (χ1v) is 7.40. The molecule has 7 heteroatoms. The van der Waals surface area contributed by atoms with Crippen LogP contribution in [0.4, 0.5) is 5.69 Å². The summed E-state index contributed by atoms with van der Waals surface area (Å²) in [4.78, 5) is 10.1. The Morgan fingerprint density at radius 3 is 3.05 bits per heavy atom. The molecule has 1 aromatic rings. The summed E-state index contributed by atoms with van der Waals surface area (Å²) in [6.45, 7) is 2.04. The van der Waals surface area contributed by atoms with Crippen molar-refractivity contribution >= 4 is 23.2 Å². The number of anilines is 1. The normalized spacial score (nSPS) is 17.5. The van der Waals surface area contributed by atoms with E-state index in [1.54, 1.807) is 5.06 Å². The van der Waals surface area contributed by atoms with Crippen molar-refractivity contribution in [2.45, 2.75) is 0 Å². The number of guanidine groups is 1. The Morgan fingerprint density at radius 1 is 1.36 bits per heavy atom. The van der Waals surface area contributed by atoms with Crippen molar-refractivity contribution in [3.8, 4) is 0 Å². The summed E-state index contributed by atoms with van der Waals surface area (Å²) in [7, 11) is 0. The van der Waals surface area contributed by atoms with E-state index in [1.807, 2.05) is 42.5 Å². The van der Waals surface area contributed by atoms with Gasteiger partial charge in [0.25, 0.3) is 0 Å². The molecular formula is C15H17ClN4O2. The molecule has 2 aliphatic rings. The fourth-order valence-corrected chi connectivity index (χ4v) is 2.33. The lowest BCUT2D eigenvalue weighted by molar-refractivity contribution is -0.114. The van der Waals surface area contributed by atoms with Crippen LogP contribution in [0.15, 0.2) is 53.2 Å². The first-order chi connectivity index (χ1) is 10.7. The van der Waals surface area contributed by atoms with Crippen LogP contribution in [0.3, 0.4) is 0 Å². The standard InChI is InChI=1S/C15H17ClN4O2/c16-13-6-1-2-7-14(13)18-15-17-8-10-20(15)22-11-12-5-3-4-9-19(12)21/h1-7,21H,8-11H2,(H,17,18). The van der Waals surface area contributed by atoms with Crippen molar-refractivity contribution in [1.82, 2.24) is 10.1 Å². The minimum atomic E-state index is 0.268. The van der Waals surface area contributed by atoms with Gasteiger partial charge in [-0.2, -0.15) is 0 Å². The molecule has 0 aromatic heterocycles. The molecule has 0 aliphatic carbocycles. The highest BCUT2D eigenvalue weighted by molar-refractivity contribution is 6.33. The maximum atomic E-state index is 9.73. The summed E-state index contributed by atoms with van der Waals surface area (Å²) < 4.78 is 0. The number of hydroxylamine groups is 4. The Hall–Kier alpha value is -2.02. The monoisotopic (exact) mass is 320 g/mol. The van der Waals surface area contributed by atoms with E-state index in [1.165, 1.54) is 0 Å². The summed E-state index contributed by atoms with van der Waals surface area (Å²) in [6, 6.07) is 7.47. The van der Waals surface area contributed by atoms with Crippen LogP contribution in [0.25, 0.3) is 0 Å². The Balaban J connectivity index is 1.60. The molecule has 2 aliphatic heterocycles. The van der Waals surface area contributed by atoms with Crippen LogP contribution >= 0.6 is 11.6 Å². The van der Waals surface area contributed by atoms with Crippen LogP contribution < -0.4 is 5.32 Å². The second kappa shape index (κ2) is 6.83. The predicted octanol–water partition coefficient (Wildman–Crippen LogP) is 2.50. The summed E-state index contributed by atoms with van der Waals surface area (Å²) in [6.07, 6.45) is 5.58. The topological polar surface area (TPSA) is 60.3 Å². The third-order valence-electron chi connectivity index (χ3n) is 3.32. The van der Waals surface area contributed by atoms with Gasteiger partial charge in [0.05, 0.1) is 36.0 Å². The number of rotatable bonds is 4. The quantitative estimate of drug-likeness (QED) is 0.892. The lowest BCUT2D eigenvalue weighted by Crippen LogP contribution is -2.35. The number of nitrogens with one attached hydrogen (secondary N) is 1. The SMILES string of the molecule is ON1CC=CC=C1CON1CCN=C1Nc1ccccc1Cl. The van der Waals surface area contributed by atoms with Crippen molar-refractivity contribution in [3.05, 3.63) is 53.2 Å². The van der Waals surface area contributed by atoms with Gasteiger partial charge in [-0.3, -0.25) is 15.1 Å². The van der Waals surface area contributed by atoms with Crippen molar-refractivity contribution in [2.75, 3.05) is 31.6 Å². The van der Waals surface area contributed by atoms with Gasteiger partial charge in [0.15, 0.2) is 0 Å². The van der Waals surface area contributed by atoms with Crippen LogP contribution in [-0.2, 0) is 4.84 Å². The van der Waals surface area contributed by atoms with Gasteiger partial charge < -0.3 is 5.32 Å². The maximum absolute atomic E-state index is 9.73. The zero-order valence-corrected chi connectivity index (χ0v) is 12.7. The first kappa shape index (κ1) is 14.9. The maximum Gasteiger partial charge on any atom is 0.223 e. The summed E-state index contributed by atoms with van der Waals surface area (Å²) in [5, 5.41) is 16.4. The van der Waals surface area contributed by atoms with Crippen LogP contribution in [0.1, 0.15) is 0 Å². The molecule has 2 N–H and O–H groups in total. The van der Waals surface area contributed by atoms with Crippen LogP contribution in [0, 0.1) is 0 Å². The molecular weight excluding hydrogens is 304 g/mol. The van der Waals surface area contributed by atoms with Gasteiger partial charge >= 0.3 is 0 Å². The van der Waals surface area contributed by atoms with Crippen LogP contribution in [0.5, 0.6) is 0 Å². The highest BCUT2D eigenvalue weighted by Gasteiger charge is 2.20. The van der Waals surface area contributed by atoms with Crippen molar-refractivity contribution < 1.29 is 10.0 Å². The predicted molar refractivity (Wildman–Crippen MR) is 85.8 cm³/mol. The minimum Gasteiger partial charge on any atom is -0.323 e. The molecule has 116 valence electrons. The van der Waals surface area contributed by atoms with Gasteiger partial charge in [0, 0.05) is 0 Å². The van der Waals surface area contributed by atoms with E-state index in [9.17, 15) is 5.21 Å². The van der Waals surface area contributed by atoms with Crippen molar-refractivity contribution in [2.24, 2.45) is 4.99 Å². The van der Waals surface area contributed by atoms with Gasteiger partial charge in [-0.1, -0.05) is 35.9 Å². The molecule has 0 fully saturated rings. The van der Waals surface area contributed by atoms with Gasteiger partial charge in [-0.05, 0) is 18.2 Å². The van der Waals surface area contributed by atoms with E-state index in [-0.39, 0.29) is 6.61 Å². The average molecular weight is 321 g/mol. The highest BCUT2D eigenvalue weighted by atomic mass is 35.5. The molecule has 3 rings (SSSR count). The number of halogens is 1. The number of nitrogens with zero attached hydrogens (tertiary/aromatic N) is 3. The summed E-state index contributed by atoms with van der Waals surface area (Å²) >= 11 is 6.14. The zero-order valence-electron chi connectivity index (χ0n) is 11.9. The molecule has 6 nitrogen and oxygen atoms in total. The number of aliphatic imine (C=N–C) groups is 1. The molecule has 0 spiro atoms. The second-order valence-corrected chi connectivity index (χ2v) is 5.26. The fourth-order valence-electron chi connectivity index (χ4n) is 2.15. The lowest BCUT2D eigenvalue weighted by Gasteiger charge is -2.25. The third-order valence-corrected chi connectivity index (χ3v) is 3.65. The Bertz CT molecular complexity index is 630. The van der Waals surface area contributed by atoms with Gasteiger partial charge in [0.1, 0.15) is 6.61 Å². The summed E-state index contributed by atoms with van der Waals surface area (Å²) in [5.41, 5.74) is 1.48. The zero-order chi connectivity index (χ0) is 15.4. The minimum absolute atomic E-state index is 0.268. The Labute approximate surface area is 133 Å². The smallest absolute Gasteiger partial charge is 0.223 e. The van der Waals surface area contributed by atoms with E-state index in [2.05, 4.69) is 10.3 Å². The number of para-hydroxylation sites is 1. The average Bonchev–Trinajstić information content (AvgIpc) is 2.96. The largest absolute Gasteiger partial charge is 0.323 e. The number of hydrogen-bond acceptors (Lipinski definition) is 6.